The number of anilines is 2. The topological polar surface area (TPSA) is 84.8 Å². The van der Waals surface area contributed by atoms with Crippen molar-refractivity contribution in [3.63, 3.8) is 0 Å². The average Bonchev–Trinajstić information content (AvgIpc) is 3.46. The number of hydrazine groups is 1. The molecule has 0 radical (unpaired) electrons. The van der Waals surface area contributed by atoms with Gasteiger partial charge in [-0.25, -0.2) is 0 Å². The van der Waals surface area contributed by atoms with Crippen LogP contribution in [0.2, 0.25) is 0 Å². The molecule has 46 heavy (non-hydrogen) atoms. The van der Waals surface area contributed by atoms with Gasteiger partial charge >= 0.3 is 0 Å². The summed E-state index contributed by atoms with van der Waals surface area (Å²) >= 11 is 0. The zero-order valence-corrected chi connectivity index (χ0v) is 29.0. The fourth-order valence-electron chi connectivity index (χ4n) is 5.89. The molecule has 1 heterocycles. The molecule has 1 aliphatic heterocycles. The normalized spacial score (nSPS) is 13.2. The van der Waals surface area contributed by atoms with Gasteiger partial charge in [-0.2, -0.15) is 5.43 Å². The number of aliphatic carboxylic acids is 1. The molecule has 7 nitrogen and oxygen atoms in total. The third-order valence-corrected chi connectivity index (χ3v) is 7.64. The number of hydrogen-bond donors (Lipinski definition) is 1. The van der Waals surface area contributed by atoms with E-state index in [0.29, 0.717) is 0 Å². The van der Waals surface area contributed by atoms with Gasteiger partial charge in [0.05, 0.1) is 11.3 Å². The van der Waals surface area contributed by atoms with Gasteiger partial charge in [-0.05, 0) is 87.1 Å². The van der Waals surface area contributed by atoms with Crippen molar-refractivity contribution in [3.8, 4) is 5.75 Å². The van der Waals surface area contributed by atoms with Crippen LogP contribution >= 0.6 is 0 Å². The molecule has 0 saturated carbocycles. The predicted molar refractivity (Wildman–Crippen MR) is 188 cm³/mol. The number of ether oxygens (including phenoxy) is 1. The Balaban J connectivity index is 0.000000349. The van der Waals surface area contributed by atoms with Crippen molar-refractivity contribution in [3.05, 3.63) is 90.5 Å². The van der Waals surface area contributed by atoms with Gasteiger partial charge in [0, 0.05) is 5.97 Å². The van der Waals surface area contributed by atoms with E-state index < -0.39 is 5.97 Å². The molecule has 0 bridgehead atoms. The summed E-state index contributed by atoms with van der Waals surface area (Å²) in [4.78, 5) is 10.1. The van der Waals surface area contributed by atoms with E-state index >= 15 is 0 Å². The van der Waals surface area contributed by atoms with Crippen LogP contribution in [-0.4, -0.2) is 17.4 Å². The molecule has 2 N–H and O–H groups in total. The van der Waals surface area contributed by atoms with E-state index in [9.17, 15) is 9.90 Å². The first-order chi connectivity index (χ1) is 22.0. The third kappa shape index (κ3) is 13.3. The van der Waals surface area contributed by atoms with Crippen molar-refractivity contribution in [2.45, 2.75) is 118 Å². The van der Waals surface area contributed by atoms with Crippen molar-refractivity contribution in [2.24, 2.45) is 10.5 Å². The second-order valence-electron chi connectivity index (χ2n) is 14.0. The Labute approximate surface area is 277 Å². The van der Waals surface area contributed by atoms with Crippen LogP contribution in [0.3, 0.4) is 0 Å². The van der Waals surface area contributed by atoms with Crippen LogP contribution in [0, 0.1) is 5.41 Å². The number of unbranched alkanes of at least 4 members (excludes halogenated alkanes) is 8. The second kappa shape index (κ2) is 18.3. The molecule has 0 saturated heterocycles. The van der Waals surface area contributed by atoms with Gasteiger partial charge in [0.25, 0.3) is 5.84 Å². The van der Waals surface area contributed by atoms with Crippen LogP contribution in [0.15, 0.2) is 90.0 Å². The van der Waals surface area contributed by atoms with Crippen molar-refractivity contribution in [1.29, 1.82) is 0 Å². The highest BCUT2D eigenvalue weighted by atomic mass is 16.5. The summed E-state index contributed by atoms with van der Waals surface area (Å²) in [5, 5.41) is 19.0. The van der Waals surface area contributed by atoms with Crippen molar-refractivity contribution >= 4 is 23.2 Å². The molecule has 4 rings (SSSR count). The van der Waals surface area contributed by atoms with Crippen LogP contribution in [0.25, 0.3) is 0 Å². The van der Waals surface area contributed by atoms with Crippen LogP contribution in [0.4, 0.5) is 11.4 Å². The van der Waals surface area contributed by atoms with E-state index in [1.807, 2.05) is 53.6 Å². The molecule has 0 amide bonds. The highest BCUT2D eigenvalue weighted by Gasteiger charge is 2.31. The van der Waals surface area contributed by atoms with Crippen molar-refractivity contribution in [1.82, 2.24) is 0 Å². The molecule has 0 fully saturated rings. The molecule has 3 aromatic carbocycles. The quantitative estimate of drug-likeness (QED) is 0.128. The fraction of sp³-hybridized carbons (Fsp3) is 0.487. The molecule has 0 spiro atoms. The lowest BCUT2D eigenvalue weighted by atomic mass is 9.83. The maximum Gasteiger partial charge on any atom is 0.277 e. The highest BCUT2D eigenvalue weighted by Crippen LogP contribution is 2.31. The number of nitrogens with two attached hydrogens (primary N) is 1. The largest absolute Gasteiger partial charge is 0.550 e. The van der Waals surface area contributed by atoms with Gasteiger partial charge in [0.2, 0.25) is 0 Å². The lowest BCUT2D eigenvalue weighted by Crippen LogP contribution is -2.96. The first-order valence-electron chi connectivity index (χ1n) is 17.1. The molecule has 7 heteroatoms. The predicted octanol–water partition coefficient (Wildman–Crippen LogP) is 8.02. The molecule has 1 aliphatic rings. The van der Waals surface area contributed by atoms with E-state index in [-0.39, 0.29) is 17.4 Å². The fourth-order valence-corrected chi connectivity index (χ4v) is 5.89. The summed E-state index contributed by atoms with van der Waals surface area (Å²) < 4.78 is 6.31. The third-order valence-electron chi connectivity index (χ3n) is 7.64. The maximum absolute atomic E-state index is 10.1. The van der Waals surface area contributed by atoms with Crippen molar-refractivity contribution < 1.29 is 20.1 Å². The molecule has 250 valence electrons. The Morgan fingerprint density at radius 3 is 1.78 bits per heavy atom. The molecule has 0 aromatic heterocycles. The number of amidine groups is 1. The highest BCUT2D eigenvalue weighted by molar-refractivity contribution is 5.94. The van der Waals surface area contributed by atoms with E-state index in [4.69, 9.17) is 9.84 Å². The Morgan fingerprint density at radius 1 is 0.739 bits per heavy atom. The standard InChI is InChI=1S/C27H32N4O.C12H24O2/c1-26(2,3)20-27(4,5)32-24-18-16-21(17-19-24)25-28-30(22-12-8-6-9-13-22)31(29-25)23-14-10-7-11-15-23;1-2-3-4-5-6-7-8-9-10-11-12(13)14/h6-19H,20H2,1-5H3,(H,28,29);2-11H2,1H3,(H,13,14). The van der Waals surface area contributed by atoms with Crippen LogP contribution < -0.4 is 25.5 Å². The van der Waals surface area contributed by atoms with Gasteiger partial charge in [-0.1, -0.05) is 121 Å². The molecule has 0 atom stereocenters. The Bertz CT molecular complexity index is 1320. The van der Waals surface area contributed by atoms with Gasteiger partial charge in [-0.15, -0.1) is 10.2 Å². The molecular formula is C39H56N4O3. The Kier molecular flexibility index (Phi) is 14.6. The van der Waals surface area contributed by atoms with Gasteiger partial charge in [0.1, 0.15) is 17.0 Å². The minimum absolute atomic E-state index is 0.207. The number of carboxylic acids is 1. The summed E-state index contributed by atoms with van der Waals surface area (Å²) in [6, 6.07) is 28.7. The van der Waals surface area contributed by atoms with Gasteiger partial charge in [0.15, 0.2) is 0 Å². The molecule has 0 aliphatic carbocycles. The summed E-state index contributed by atoms with van der Waals surface area (Å²) in [6.07, 6.45) is 12.1. The number of para-hydroxylation sites is 2. The average molecular weight is 629 g/mol. The molecular weight excluding hydrogens is 572 g/mol. The van der Waals surface area contributed by atoms with Crippen LogP contribution in [0.1, 0.15) is 118 Å². The zero-order chi connectivity index (χ0) is 33.4. The number of hydrogen-bond acceptors (Lipinski definition) is 6. The lowest BCUT2D eigenvalue weighted by molar-refractivity contribution is -0.545. The minimum Gasteiger partial charge on any atom is -0.550 e. The first kappa shape index (κ1) is 36.6. The summed E-state index contributed by atoms with van der Waals surface area (Å²) in [7, 11) is 0. The SMILES string of the molecule is CC(C)(C)CC(C)(C)Oc1ccc(C2=NN(c3ccccc3)N(c3ccccc3)[NH2+]2)cc1.CCCCCCCCCCCC(=O)[O-]. The van der Waals surface area contributed by atoms with E-state index in [1.165, 1.54) is 44.9 Å². The Hall–Kier alpha value is -3.84. The second-order valence-corrected chi connectivity index (χ2v) is 14.0. The summed E-state index contributed by atoms with van der Waals surface area (Å²) in [6.45, 7) is 13.2. The zero-order valence-electron chi connectivity index (χ0n) is 29.0. The molecule has 0 unspecified atom stereocenters. The number of carbonyl (C=O) groups is 1. The monoisotopic (exact) mass is 628 g/mol. The number of quaternary nitrogens is 1. The lowest BCUT2D eigenvalue weighted by Gasteiger charge is -2.33. The molecule has 3 aromatic rings. The number of nitrogens with zero attached hydrogens (tertiary/aromatic N) is 3. The number of hydrazone groups is 1. The number of benzene rings is 3. The first-order valence-corrected chi connectivity index (χ1v) is 17.1. The van der Waals surface area contributed by atoms with Gasteiger partial charge in [-0.3, -0.25) is 0 Å². The maximum atomic E-state index is 10.1. The summed E-state index contributed by atoms with van der Waals surface area (Å²) in [5.74, 6) is 0.868. The van der Waals surface area contributed by atoms with Crippen LogP contribution in [0.5, 0.6) is 5.75 Å². The van der Waals surface area contributed by atoms with Crippen LogP contribution in [-0.2, 0) is 4.79 Å². The number of carbonyl (C=O) groups excluding carboxylic acids is 1. The smallest absolute Gasteiger partial charge is 0.277 e. The van der Waals surface area contributed by atoms with E-state index in [0.717, 1.165) is 47.8 Å². The number of rotatable bonds is 16. The number of carboxylic acid groups (broad SMARTS) is 1. The van der Waals surface area contributed by atoms with E-state index in [1.54, 1.807) is 0 Å². The van der Waals surface area contributed by atoms with E-state index in [2.05, 4.69) is 88.5 Å². The minimum atomic E-state index is -0.909. The van der Waals surface area contributed by atoms with Crippen molar-refractivity contribution in [2.75, 3.05) is 10.2 Å². The summed E-state index contributed by atoms with van der Waals surface area (Å²) in [5.41, 5.74) is 5.15. The van der Waals surface area contributed by atoms with Gasteiger partial charge < -0.3 is 14.6 Å². The Morgan fingerprint density at radius 2 is 1.26 bits per heavy atom.